The quantitative estimate of drug-likeness (QED) is 0.450. The van der Waals surface area contributed by atoms with Crippen molar-refractivity contribution in [2.75, 3.05) is 0 Å². The van der Waals surface area contributed by atoms with Gasteiger partial charge < -0.3 is 0 Å². The Hall–Kier alpha value is -0.590. The molecule has 0 aromatic heterocycles. The second-order valence-corrected chi connectivity index (χ2v) is 9.47. The van der Waals surface area contributed by atoms with Crippen molar-refractivity contribution in [2.45, 2.75) is 94.9 Å². The van der Waals surface area contributed by atoms with E-state index in [0.29, 0.717) is 11.2 Å². The molecule has 0 fully saturated rings. The molecule has 130 valence electrons. The third kappa shape index (κ3) is 5.56. The van der Waals surface area contributed by atoms with E-state index < -0.39 is 0 Å². The van der Waals surface area contributed by atoms with E-state index in [2.05, 4.69) is 74.5 Å². The van der Waals surface area contributed by atoms with Crippen molar-refractivity contribution in [3.05, 3.63) is 12.2 Å². The Morgan fingerprint density at radius 1 is 0.909 bits per heavy atom. The number of Topliss-reactive ketones (excluding diaryl/α,β-unsaturated/α-hetero) is 1. The Morgan fingerprint density at radius 2 is 1.41 bits per heavy atom. The topological polar surface area (TPSA) is 17.1 Å². The highest BCUT2D eigenvalue weighted by Crippen LogP contribution is 2.50. The summed E-state index contributed by atoms with van der Waals surface area (Å²) in [4.78, 5) is 12.1. The van der Waals surface area contributed by atoms with Gasteiger partial charge in [0.15, 0.2) is 0 Å². The van der Waals surface area contributed by atoms with Crippen molar-refractivity contribution in [2.24, 2.45) is 21.7 Å². The van der Waals surface area contributed by atoms with E-state index in [4.69, 9.17) is 0 Å². The first-order valence-corrected chi connectivity index (χ1v) is 8.92. The van der Waals surface area contributed by atoms with Crippen molar-refractivity contribution in [3.8, 4) is 0 Å². The normalized spacial score (nSPS) is 19.0. The predicted octanol–water partition coefficient (Wildman–Crippen LogP) is 6.82. The zero-order chi connectivity index (χ0) is 17.8. The molecule has 0 rings (SSSR count). The molecule has 1 nitrogen and oxygen atoms in total. The van der Waals surface area contributed by atoms with Crippen LogP contribution in [0.4, 0.5) is 0 Å². The lowest BCUT2D eigenvalue weighted by molar-refractivity contribution is -0.128. The minimum Gasteiger partial charge on any atom is -0.299 e. The Labute approximate surface area is 140 Å². The molecule has 0 amide bonds. The molecule has 2 unspecified atom stereocenters. The number of ketones is 1. The Bertz CT molecular complexity index is 397. The molecule has 0 aliphatic rings. The number of carbonyl (C=O) groups excluding carboxylic acids is 1. The van der Waals surface area contributed by atoms with Gasteiger partial charge in [-0.25, -0.2) is 0 Å². The van der Waals surface area contributed by atoms with Gasteiger partial charge in [0, 0.05) is 5.41 Å². The monoisotopic (exact) mass is 308 g/mol. The van der Waals surface area contributed by atoms with Crippen LogP contribution in [0.25, 0.3) is 0 Å². The summed E-state index contributed by atoms with van der Waals surface area (Å²) in [5.41, 5.74) is 0.321. The minimum absolute atomic E-state index is 0.0898. The molecule has 0 heterocycles. The van der Waals surface area contributed by atoms with Crippen LogP contribution >= 0.6 is 0 Å². The van der Waals surface area contributed by atoms with E-state index in [-0.39, 0.29) is 16.2 Å². The van der Waals surface area contributed by atoms with E-state index in [1.807, 2.05) is 0 Å². The molecule has 0 aromatic rings. The molecule has 0 bridgehead atoms. The van der Waals surface area contributed by atoms with Gasteiger partial charge in [0.05, 0.1) is 0 Å². The molecular formula is C21H40O. The van der Waals surface area contributed by atoms with E-state index in [0.717, 1.165) is 25.7 Å². The zero-order valence-corrected chi connectivity index (χ0v) is 16.9. The first kappa shape index (κ1) is 21.4. The number of hydrogen-bond donors (Lipinski definition) is 0. The van der Waals surface area contributed by atoms with Crippen molar-refractivity contribution in [1.82, 2.24) is 0 Å². The fourth-order valence-electron chi connectivity index (χ4n) is 3.17. The Balaban J connectivity index is 5.37. The van der Waals surface area contributed by atoms with Gasteiger partial charge in [-0.05, 0) is 48.9 Å². The van der Waals surface area contributed by atoms with Crippen LogP contribution in [0.1, 0.15) is 94.9 Å². The summed E-state index contributed by atoms with van der Waals surface area (Å²) in [7, 11) is 0. The predicted molar refractivity (Wildman–Crippen MR) is 99.1 cm³/mol. The van der Waals surface area contributed by atoms with Gasteiger partial charge in [-0.2, -0.15) is 0 Å². The van der Waals surface area contributed by atoms with Gasteiger partial charge >= 0.3 is 0 Å². The average molecular weight is 309 g/mol. The van der Waals surface area contributed by atoms with Crippen LogP contribution in [0, 0.1) is 21.7 Å². The van der Waals surface area contributed by atoms with Crippen LogP contribution in [-0.4, -0.2) is 5.78 Å². The summed E-state index contributed by atoms with van der Waals surface area (Å²) in [6.45, 7) is 22.1. The molecule has 0 aliphatic heterocycles. The maximum atomic E-state index is 12.1. The van der Waals surface area contributed by atoms with Crippen LogP contribution in [0.2, 0.25) is 0 Å². The first-order valence-electron chi connectivity index (χ1n) is 8.92. The summed E-state index contributed by atoms with van der Waals surface area (Å²) < 4.78 is 0. The molecule has 0 aromatic carbocycles. The second-order valence-electron chi connectivity index (χ2n) is 9.47. The Kier molecular flexibility index (Phi) is 7.12. The highest BCUT2D eigenvalue weighted by molar-refractivity contribution is 5.81. The maximum absolute atomic E-state index is 12.1. The van der Waals surface area contributed by atoms with Gasteiger partial charge in [-0.15, -0.1) is 0 Å². The number of allylic oxidation sites excluding steroid dienone is 2. The molecule has 2 atom stereocenters. The maximum Gasteiger partial charge on any atom is 0.135 e. The fourth-order valence-corrected chi connectivity index (χ4v) is 3.17. The summed E-state index contributed by atoms with van der Waals surface area (Å²) in [6, 6.07) is 0. The zero-order valence-electron chi connectivity index (χ0n) is 16.9. The molecule has 0 aliphatic carbocycles. The molecule has 0 radical (unpaired) electrons. The van der Waals surface area contributed by atoms with Crippen molar-refractivity contribution in [3.63, 3.8) is 0 Å². The molecule has 0 saturated carbocycles. The number of carbonyl (C=O) groups is 1. The van der Waals surface area contributed by atoms with Gasteiger partial charge in [-0.3, -0.25) is 4.79 Å². The molecule has 0 N–H and O–H groups in total. The highest BCUT2D eigenvalue weighted by atomic mass is 16.1. The van der Waals surface area contributed by atoms with E-state index in [9.17, 15) is 4.79 Å². The van der Waals surface area contributed by atoms with Crippen molar-refractivity contribution >= 4 is 5.78 Å². The number of hydrogen-bond acceptors (Lipinski definition) is 1. The average Bonchev–Trinajstić information content (AvgIpc) is 2.35. The Morgan fingerprint density at radius 3 is 1.73 bits per heavy atom. The standard InChI is InChI=1S/C21H40O/c1-11-20(9,17(3)22)16-19(7,8)21(10,12-2)15-13-14-18(4,5)6/h13,15H,11-12,14,16H2,1-10H3. The second kappa shape index (κ2) is 7.32. The van der Waals surface area contributed by atoms with Crippen LogP contribution in [0.5, 0.6) is 0 Å². The van der Waals surface area contributed by atoms with Gasteiger partial charge in [0.2, 0.25) is 0 Å². The first-order chi connectivity index (χ1) is 9.73. The highest BCUT2D eigenvalue weighted by Gasteiger charge is 2.43. The summed E-state index contributed by atoms with van der Waals surface area (Å²) in [5.74, 6) is 0.320. The minimum atomic E-state index is -0.211. The lowest BCUT2D eigenvalue weighted by atomic mass is 9.57. The lowest BCUT2D eigenvalue weighted by Crippen LogP contribution is -2.40. The molecule has 22 heavy (non-hydrogen) atoms. The SMILES string of the molecule is CCC(C)(CC(C)(C)C(C)(C=CCC(C)(C)C)CC)C(C)=O. The lowest BCUT2D eigenvalue weighted by Gasteiger charge is -2.46. The summed E-state index contributed by atoms with van der Waals surface area (Å²) in [6.07, 6.45) is 8.80. The smallest absolute Gasteiger partial charge is 0.135 e. The molecule has 0 spiro atoms. The third-order valence-corrected chi connectivity index (χ3v) is 5.96. The van der Waals surface area contributed by atoms with Crippen molar-refractivity contribution < 1.29 is 4.79 Å². The van der Waals surface area contributed by atoms with E-state index >= 15 is 0 Å². The van der Waals surface area contributed by atoms with Crippen molar-refractivity contribution in [1.29, 1.82) is 0 Å². The van der Waals surface area contributed by atoms with Crippen LogP contribution < -0.4 is 0 Å². The summed E-state index contributed by atoms with van der Waals surface area (Å²) in [5, 5.41) is 0. The van der Waals surface area contributed by atoms with Gasteiger partial charge in [0.25, 0.3) is 0 Å². The summed E-state index contributed by atoms with van der Waals surface area (Å²) >= 11 is 0. The van der Waals surface area contributed by atoms with Gasteiger partial charge in [-0.1, -0.05) is 74.5 Å². The third-order valence-electron chi connectivity index (χ3n) is 5.96. The molecular weight excluding hydrogens is 268 g/mol. The number of rotatable bonds is 8. The van der Waals surface area contributed by atoms with E-state index in [1.165, 1.54) is 0 Å². The van der Waals surface area contributed by atoms with E-state index in [1.54, 1.807) is 6.92 Å². The van der Waals surface area contributed by atoms with Gasteiger partial charge in [0.1, 0.15) is 5.78 Å². The van der Waals surface area contributed by atoms with Crippen LogP contribution in [-0.2, 0) is 4.79 Å². The molecule has 0 saturated heterocycles. The molecule has 1 heteroatoms. The van der Waals surface area contributed by atoms with Crippen LogP contribution in [0.3, 0.4) is 0 Å². The van der Waals surface area contributed by atoms with Crippen LogP contribution in [0.15, 0.2) is 12.2 Å². The largest absolute Gasteiger partial charge is 0.299 e. The fraction of sp³-hybridized carbons (Fsp3) is 0.857.